The van der Waals surface area contributed by atoms with Crippen LogP contribution in [0.4, 0.5) is 0 Å². The fraction of sp³-hybridized carbons (Fsp3) is 0.867. The van der Waals surface area contributed by atoms with Gasteiger partial charge in [0.25, 0.3) is 0 Å². The summed E-state index contributed by atoms with van der Waals surface area (Å²) in [6.45, 7) is 1.71. The van der Waals surface area contributed by atoms with Crippen molar-refractivity contribution in [3.05, 3.63) is 0 Å². The van der Waals surface area contributed by atoms with E-state index >= 15 is 0 Å². The number of rotatable bonds is 4. The van der Waals surface area contributed by atoms with E-state index in [-0.39, 0.29) is 18.2 Å². The van der Waals surface area contributed by atoms with Gasteiger partial charge < -0.3 is 15.3 Å². The smallest absolute Gasteiger partial charge is 0.305 e. The van der Waals surface area contributed by atoms with Crippen LogP contribution < -0.4 is 5.32 Å². The van der Waals surface area contributed by atoms with Gasteiger partial charge in [0.2, 0.25) is 5.91 Å². The number of amides is 1. The van der Waals surface area contributed by atoms with E-state index in [2.05, 4.69) is 5.32 Å². The van der Waals surface area contributed by atoms with E-state index in [1.165, 1.54) is 0 Å². The molecule has 2 N–H and O–H groups in total. The van der Waals surface area contributed by atoms with Gasteiger partial charge in [-0.3, -0.25) is 9.59 Å². The van der Waals surface area contributed by atoms with E-state index < -0.39 is 11.5 Å². The Labute approximate surface area is 120 Å². The van der Waals surface area contributed by atoms with Crippen molar-refractivity contribution < 1.29 is 14.7 Å². The zero-order chi connectivity index (χ0) is 14.6. The zero-order valence-electron chi connectivity index (χ0n) is 12.4. The summed E-state index contributed by atoms with van der Waals surface area (Å²) in [6.07, 6.45) is 6.85. The molecule has 1 saturated heterocycles. The van der Waals surface area contributed by atoms with Crippen molar-refractivity contribution in [2.75, 3.05) is 20.1 Å². The molecule has 1 heterocycles. The van der Waals surface area contributed by atoms with Crippen LogP contribution in [-0.2, 0) is 9.59 Å². The number of carbonyl (C=O) groups is 2. The molecule has 0 aromatic rings. The molecule has 5 nitrogen and oxygen atoms in total. The lowest BCUT2D eigenvalue weighted by Gasteiger charge is -2.45. The number of nitrogens with zero attached hydrogens (tertiary/aromatic N) is 1. The Morgan fingerprint density at radius 2 is 1.95 bits per heavy atom. The normalized spacial score (nSPS) is 25.9. The Hall–Kier alpha value is -1.10. The minimum atomic E-state index is -0.798. The molecule has 0 unspecified atom stereocenters. The molecule has 114 valence electrons. The first kappa shape index (κ1) is 15.3. The standard InChI is InChI=1S/C15H26N2O3/c1-17(14(20)12-6-5-9-16-11-12)15(10-13(18)19)7-3-2-4-8-15/h12,16H,2-11H2,1H3,(H,18,19)/t12-/m1/s1. The lowest BCUT2D eigenvalue weighted by Crippen LogP contribution is -2.55. The van der Waals surface area contributed by atoms with Gasteiger partial charge in [-0.25, -0.2) is 0 Å². The van der Waals surface area contributed by atoms with E-state index in [0.29, 0.717) is 0 Å². The Morgan fingerprint density at radius 3 is 2.50 bits per heavy atom. The average molecular weight is 282 g/mol. The van der Waals surface area contributed by atoms with Crippen molar-refractivity contribution in [1.29, 1.82) is 0 Å². The summed E-state index contributed by atoms with van der Waals surface area (Å²) in [7, 11) is 1.81. The highest BCUT2D eigenvalue weighted by molar-refractivity contribution is 5.81. The van der Waals surface area contributed by atoms with Crippen LogP contribution in [0.25, 0.3) is 0 Å². The first-order valence-corrected chi connectivity index (χ1v) is 7.75. The summed E-state index contributed by atoms with van der Waals surface area (Å²) >= 11 is 0. The van der Waals surface area contributed by atoms with Crippen LogP contribution in [0.2, 0.25) is 0 Å². The summed E-state index contributed by atoms with van der Waals surface area (Å²) in [4.78, 5) is 25.7. The van der Waals surface area contributed by atoms with E-state index in [4.69, 9.17) is 0 Å². The number of hydrogen-bond acceptors (Lipinski definition) is 3. The molecule has 0 aromatic carbocycles. The molecule has 20 heavy (non-hydrogen) atoms. The van der Waals surface area contributed by atoms with Gasteiger partial charge in [-0.05, 0) is 32.2 Å². The third-order valence-corrected chi connectivity index (χ3v) is 4.95. The first-order chi connectivity index (χ1) is 9.55. The molecule has 2 fully saturated rings. The SMILES string of the molecule is CN(C(=O)[C@@H]1CCCNC1)C1(CC(=O)O)CCCCC1. The van der Waals surface area contributed by atoms with Crippen molar-refractivity contribution in [2.24, 2.45) is 5.92 Å². The van der Waals surface area contributed by atoms with Gasteiger partial charge in [-0.2, -0.15) is 0 Å². The Bertz CT molecular complexity index is 358. The van der Waals surface area contributed by atoms with Gasteiger partial charge in [-0.1, -0.05) is 19.3 Å². The van der Waals surface area contributed by atoms with E-state index in [1.807, 2.05) is 7.05 Å². The van der Waals surface area contributed by atoms with Crippen LogP contribution in [0.1, 0.15) is 51.4 Å². The van der Waals surface area contributed by atoms with Gasteiger partial charge in [0.05, 0.1) is 17.9 Å². The van der Waals surface area contributed by atoms with Crippen molar-refractivity contribution in [1.82, 2.24) is 10.2 Å². The molecule has 1 aliphatic heterocycles. The number of aliphatic carboxylic acids is 1. The van der Waals surface area contributed by atoms with E-state index in [9.17, 15) is 14.7 Å². The summed E-state index contributed by atoms with van der Waals surface area (Å²) < 4.78 is 0. The predicted molar refractivity (Wildman–Crippen MR) is 76.4 cm³/mol. The molecule has 1 atom stereocenters. The lowest BCUT2D eigenvalue weighted by atomic mass is 9.77. The molecule has 1 aliphatic carbocycles. The van der Waals surface area contributed by atoms with Gasteiger partial charge in [-0.15, -0.1) is 0 Å². The van der Waals surface area contributed by atoms with Crippen molar-refractivity contribution in [3.8, 4) is 0 Å². The van der Waals surface area contributed by atoms with Crippen molar-refractivity contribution in [2.45, 2.75) is 56.9 Å². The third-order valence-electron chi connectivity index (χ3n) is 4.95. The Kier molecular flexibility index (Phi) is 5.02. The molecule has 2 rings (SSSR count). The minimum Gasteiger partial charge on any atom is -0.481 e. The predicted octanol–water partition coefficient (Wildman–Crippen LogP) is 1.62. The highest BCUT2D eigenvalue weighted by Gasteiger charge is 2.42. The van der Waals surface area contributed by atoms with Crippen LogP contribution in [-0.4, -0.2) is 47.6 Å². The number of carboxylic acids is 1. The Balaban J connectivity index is 2.10. The summed E-state index contributed by atoms with van der Waals surface area (Å²) in [5.74, 6) is -0.657. The van der Waals surface area contributed by atoms with Crippen LogP contribution in [0.15, 0.2) is 0 Å². The molecule has 2 aliphatic rings. The molecule has 1 saturated carbocycles. The van der Waals surface area contributed by atoms with Crippen molar-refractivity contribution in [3.63, 3.8) is 0 Å². The van der Waals surface area contributed by atoms with E-state index in [0.717, 1.165) is 58.0 Å². The first-order valence-electron chi connectivity index (χ1n) is 7.75. The second-order valence-corrected chi connectivity index (χ2v) is 6.30. The number of carbonyl (C=O) groups excluding carboxylic acids is 1. The Morgan fingerprint density at radius 1 is 1.25 bits per heavy atom. The van der Waals surface area contributed by atoms with Gasteiger partial charge in [0.15, 0.2) is 0 Å². The number of piperidine rings is 1. The van der Waals surface area contributed by atoms with Crippen molar-refractivity contribution >= 4 is 11.9 Å². The lowest BCUT2D eigenvalue weighted by molar-refractivity contribution is -0.148. The number of nitrogens with one attached hydrogen (secondary N) is 1. The summed E-state index contributed by atoms with van der Waals surface area (Å²) in [5, 5.41) is 12.5. The van der Waals surface area contributed by atoms with E-state index in [1.54, 1.807) is 4.90 Å². The zero-order valence-corrected chi connectivity index (χ0v) is 12.4. The maximum atomic E-state index is 12.7. The largest absolute Gasteiger partial charge is 0.481 e. The molecular weight excluding hydrogens is 256 g/mol. The molecule has 0 bridgehead atoms. The second-order valence-electron chi connectivity index (χ2n) is 6.30. The minimum absolute atomic E-state index is 0.0151. The molecule has 0 aromatic heterocycles. The third kappa shape index (κ3) is 3.32. The highest BCUT2D eigenvalue weighted by Crippen LogP contribution is 2.37. The van der Waals surface area contributed by atoms with Crippen LogP contribution in [0.5, 0.6) is 0 Å². The quantitative estimate of drug-likeness (QED) is 0.822. The number of hydrogen-bond donors (Lipinski definition) is 2. The summed E-state index contributed by atoms with van der Waals surface area (Å²) in [6, 6.07) is 0. The van der Waals surface area contributed by atoms with Crippen LogP contribution in [0.3, 0.4) is 0 Å². The topological polar surface area (TPSA) is 69.6 Å². The maximum absolute atomic E-state index is 12.7. The second kappa shape index (κ2) is 6.57. The monoisotopic (exact) mass is 282 g/mol. The molecule has 0 spiro atoms. The molecule has 0 radical (unpaired) electrons. The highest BCUT2D eigenvalue weighted by atomic mass is 16.4. The van der Waals surface area contributed by atoms with Gasteiger partial charge >= 0.3 is 5.97 Å². The fourth-order valence-corrected chi connectivity index (χ4v) is 3.69. The number of carboxylic acid groups (broad SMARTS) is 1. The van der Waals surface area contributed by atoms with Gasteiger partial charge in [0.1, 0.15) is 0 Å². The van der Waals surface area contributed by atoms with Gasteiger partial charge in [0, 0.05) is 13.6 Å². The van der Waals surface area contributed by atoms with Crippen LogP contribution >= 0.6 is 0 Å². The summed E-state index contributed by atoms with van der Waals surface area (Å²) in [5.41, 5.74) is -0.460. The van der Waals surface area contributed by atoms with Crippen LogP contribution in [0, 0.1) is 5.92 Å². The molecular formula is C15H26N2O3. The molecule has 1 amide bonds. The fourth-order valence-electron chi connectivity index (χ4n) is 3.69. The average Bonchev–Trinajstić information content (AvgIpc) is 2.47. The molecule has 5 heteroatoms. The maximum Gasteiger partial charge on any atom is 0.305 e.